The number of amides is 1. The fraction of sp³-hybridized carbons (Fsp3) is 0.900. The van der Waals surface area contributed by atoms with E-state index in [1.54, 1.807) is 0 Å². The normalized spacial score (nSPS) is 28.9. The Hall–Kier alpha value is -0.900. The summed E-state index contributed by atoms with van der Waals surface area (Å²) in [5, 5.41) is 3.66. The molecule has 0 aromatic carbocycles. The molecule has 1 saturated carbocycles. The number of hydrogen-bond donors (Lipinski definition) is 1. The Labute approximate surface area is 147 Å². The molecule has 138 valence electrons. The molecule has 2 rings (SSSR count). The third-order valence-electron chi connectivity index (χ3n) is 5.32. The quantitative estimate of drug-likeness (QED) is 0.859. The van der Waals surface area contributed by atoms with Crippen LogP contribution >= 0.6 is 0 Å². The van der Waals surface area contributed by atoms with Crippen molar-refractivity contribution in [2.45, 2.75) is 85.2 Å². The largest absolute Gasteiger partial charge is 0.342 e. The van der Waals surface area contributed by atoms with Crippen molar-refractivity contribution < 1.29 is 9.59 Å². The number of carbonyl (C=O) groups excluding carboxylic acids is 2. The summed E-state index contributed by atoms with van der Waals surface area (Å²) < 4.78 is 0. The molecule has 1 amide bonds. The third kappa shape index (κ3) is 5.05. The van der Waals surface area contributed by atoms with E-state index in [9.17, 15) is 9.59 Å². The zero-order chi connectivity index (χ0) is 18.1. The van der Waals surface area contributed by atoms with Crippen LogP contribution in [0, 0.1) is 17.3 Å². The molecule has 4 heteroatoms. The van der Waals surface area contributed by atoms with Crippen molar-refractivity contribution in [1.29, 1.82) is 0 Å². The zero-order valence-electron chi connectivity index (χ0n) is 16.4. The maximum absolute atomic E-state index is 12.8. The van der Waals surface area contributed by atoms with Crippen molar-refractivity contribution in [3.8, 4) is 0 Å². The molecule has 0 aromatic rings. The van der Waals surface area contributed by atoms with E-state index in [1.807, 2.05) is 25.7 Å². The van der Waals surface area contributed by atoms with Gasteiger partial charge < -0.3 is 10.2 Å². The molecule has 0 radical (unpaired) electrons. The van der Waals surface area contributed by atoms with Crippen molar-refractivity contribution in [3.05, 3.63) is 0 Å². The van der Waals surface area contributed by atoms with Gasteiger partial charge >= 0.3 is 0 Å². The third-order valence-corrected chi connectivity index (χ3v) is 5.32. The molecule has 1 heterocycles. The van der Waals surface area contributed by atoms with Crippen LogP contribution in [0.2, 0.25) is 0 Å². The van der Waals surface area contributed by atoms with Crippen LogP contribution in [0.1, 0.15) is 73.6 Å². The standard InChI is InChI=1S/C20H36N2O2/c1-19(2,3)17(23)15-11-12-22(13-15)18(24)14-7-9-16(10-8-14)21-20(4,5)6/h14-16,21H,7-13H2,1-6H3/t14?,15-,16?/m1/s1. The molecule has 1 saturated heterocycles. The molecule has 1 aliphatic carbocycles. The van der Waals surface area contributed by atoms with E-state index >= 15 is 0 Å². The van der Waals surface area contributed by atoms with Crippen molar-refractivity contribution in [1.82, 2.24) is 10.2 Å². The first kappa shape index (κ1) is 19.4. The molecule has 1 aliphatic heterocycles. The molecule has 2 aliphatic rings. The number of hydrogen-bond acceptors (Lipinski definition) is 3. The smallest absolute Gasteiger partial charge is 0.225 e. The van der Waals surface area contributed by atoms with Gasteiger partial charge in [0.05, 0.1) is 0 Å². The number of carbonyl (C=O) groups is 2. The van der Waals surface area contributed by atoms with E-state index in [0.717, 1.165) is 38.6 Å². The molecule has 0 aromatic heterocycles. The summed E-state index contributed by atoms with van der Waals surface area (Å²) in [6.45, 7) is 13.9. The lowest BCUT2D eigenvalue weighted by Crippen LogP contribution is -2.46. The summed E-state index contributed by atoms with van der Waals surface area (Å²) in [6.07, 6.45) is 4.93. The van der Waals surface area contributed by atoms with E-state index in [2.05, 4.69) is 26.1 Å². The van der Waals surface area contributed by atoms with Crippen LogP contribution in [0.25, 0.3) is 0 Å². The topological polar surface area (TPSA) is 49.4 Å². The Balaban J connectivity index is 1.83. The van der Waals surface area contributed by atoms with Crippen LogP contribution in [-0.2, 0) is 9.59 Å². The lowest BCUT2D eigenvalue weighted by atomic mass is 9.82. The fourth-order valence-electron chi connectivity index (χ4n) is 4.14. The molecule has 1 atom stereocenters. The van der Waals surface area contributed by atoms with Crippen molar-refractivity contribution >= 4 is 11.7 Å². The van der Waals surface area contributed by atoms with Crippen LogP contribution in [0.15, 0.2) is 0 Å². The van der Waals surface area contributed by atoms with Crippen LogP contribution in [0.5, 0.6) is 0 Å². The summed E-state index contributed by atoms with van der Waals surface area (Å²) >= 11 is 0. The molecule has 0 unspecified atom stereocenters. The van der Waals surface area contributed by atoms with E-state index in [1.165, 1.54) is 0 Å². The van der Waals surface area contributed by atoms with Crippen LogP contribution in [0.3, 0.4) is 0 Å². The summed E-state index contributed by atoms with van der Waals surface area (Å²) in [7, 11) is 0. The Bertz CT molecular complexity index is 465. The Kier molecular flexibility index (Phi) is 5.79. The fourth-order valence-corrected chi connectivity index (χ4v) is 4.14. The number of rotatable bonds is 3. The number of likely N-dealkylation sites (tertiary alicyclic amines) is 1. The van der Waals surface area contributed by atoms with Gasteiger partial charge in [-0.2, -0.15) is 0 Å². The highest BCUT2D eigenvalue weighted by Gasteiger charge is 2.38. The van der Waals surface area contributed by atoms with Gasteiger partial charge in [-0.3, -0.25) is 9.59 Å². The first-order valence-corrected chi connectivity index (χ1v) is 9.58. The van der Waals surface area contributed by atoms with E-state index < -0.39 is 0 Å². The van der Waals surface area contributed by atoms with Gasteiger partial charge in [-0.1, -0.05) is 20.8 Å². The molecule has 24 heavy (non-hydrogen) atoms. The Morgan fingerprint density at radius 1 is 0.875 bits per heavy atom. The Morgan fingerprint density at radius 2 is 1.46 bits per heavy atom. The summed E-state index contributed by atoms with van der Waals surface area (Å²) in [5.74, 6) is 0.781. The molecule has 0 bridgehead atoms. The summed E-state index contributed by atoms with van der Waals surface area (Å²) in [5.41, 5.74) is -0.169. The van der Waals surface area contributed by atoms with Crippen LogP contribution in [0.4, 0.5) is 0 Å². The van der Waals surface area contributed by atoms with Crippen molar-refractivity contribution in [3.63, 3.8) is 0 Å². The highest BCUT2D eigenvalue weighted by atomic mass is 16.2. The second-order valence-electron chi connectivity index (χ2n) is 9.83. The molecular formula is C20H36N2O2. The van der Waals surface area contributed by atoms with Gasteiger partial charge in [-0.05, 0) is 52.9 Å². The Morgan fingerprint density at radius 3 is 1.96 bits per heavy atom. The average Bonchev–Trinajstić information content (AvgIpc) is 2.93. The van der Waals surface area contributed by atoms with Gasteiger partial charge in [-0.25, -0.2) is 0 Å². The number of nitrogens with one attached hydrogen (secondary N) is 1. The predicted molar refractivity (Wildman–Crippen MR) is 97.8 cm³/mol. The van der Waals surface area contributed by atoms with Crippen molar-refractivity contribution in [2.24, 2.45) is 17.3 Å². The molecule has 4 nitrogen and oxygen atoms in total. The highest BCUT2D eigenvalue weighted by Crippen LogP contribution is 2.31. The summed E-state index contributed by atoms with van der Waals surface area (Å²) in [6, 6.07) is 0.530. The lowest BCUT2D eigenvalue weighted by Gasteiger charge is -2.35. The molecular weight excluding hydrogens is 300 g/mol. The maximum atomic E-state index is 12.8. The van der Waals surface area contributed by atoms with Gasteiger partial charge in [0.25, 0.3) is 0 Å². The van der Waals surface area contributed by atoms with Gasteiger partial charge in [0.2, 0.25) is 5.91 Å². The minimum absolute atomic E-state index is 0.0350. The van der Waals surface area contributed by atoms with E-state index in [-0.39, 0.29) is 28.7 Å². The number of ketones is 1. The molecule has 1 N–H and O–H groups in total. The van der Waals surface area contributed by atoms with Crippen LogP contribution in [-0.4, -0.2) is 41.3 Å². The van der Waals surface area contributed by atoms with E-state index in [0.29, 0.717) is 18.4 Å². The predicted octanol–water partition coefficient (Wildman–Crippen LogP) is 3.40. The zero-order valence-corrected chi connectivity index (χ0v) is 16.4. The monoisotopic (exact) mass is 336 g/mol. The summed E-state index contributed by atoms with van der Waals surface area (Å²) in [4.78, 5) is 27.2. The lowest BCUT2D eigenvalue weighted by molar-refractivity contribution is -0.136. The van der Waals surface area contributed by atoms with Gasteiger partial charge in [0.15, 0.2) is 0 Å². The molecule has 2 fully saturated rings. The van der Waals surface area contributed by atoms with Gasteiger partial charge in [0, 0.05) is 41.9 Å². The average molecular weight is 337 g/mol. The number of nitrogens with zero attached hydrogens (tertiary/aromatic N) is 1. The number of Topliss-reactive ketones (excluding diaryl/α,β-unsaturated/α-hetero) is 1. The van der Waals surface area contributed by atoms with Gasteiger partial charge in [-0.15, -0.1) is 0 Å². The second kappa shape index (κ2) is 7.15. The minimum Gasteiger partial charge on any atom is -0.342 e. The van der Waals surface area contributed by atoms with E-state index in [4.69, 9.17) is 0 Å². The minimum atomic E-state index is -0.305. The SMILES string of the molecule is CC(C)(C)NC1CCC(C(=O)N2CC[C@@H](C(=O)C(C)(C)C)C2)CC1. The van der Waals surface area contributed by atoms with Crippen molar-refractivity contribution in [2.75, 3.05) is 13.1 Å². The first-order chi connectivity index (χ1) is 11.0. The molecule has 0 spiro atoms. The van der Waals surface area contributed by atoms with Gasteiger partial charge in [0.1, 0.15) is 5.78 Å². The highest BCUT2D eigenvalue weighted by molar-refractivity contribution is 5.88. The maximum Gasteiger partial charge on any atom is 0.225 e. The van der Waals surface area contributed by atoms with Crippen LogP contribution < -0.4 is 5.32 Å². The second-order valence-corrected chi connectivity index (χ2v) is 9.83. The first-order valence-electron chi connectivity index (χ1n) is 9.58.